The molecule has 1 N–H and O–H groups in total. The molecule has 0 radical (unpaired) electrons. The number of aromatic nitrogens is 2. The van der Waals surface area contributed by atoms with Gasteiger partial charge in [0.1, 0.15) is 5.82 Å². The highest BCUT2D eigenvalue weighted by Gasteiger charge is 2.27. The maximum atomic E-state index is 13.1. The Bertz CT molecular complexity index is 770. The summed E-state index contributed by atoms with van der Waals surface area (Å²) in [5.74, 6) is 0.120. The van der Waals surface area contributed by atoms with Crippen molar-refractivity contribution in [2.45, 2.75) is 26.3 Å². The summed E-state index contributed by atoms with van der Waals surface area (Å²) in [7, 11) is 0. The molecular formula is C18H20ClFN4O. The zero-order chi connectivity index (χ0) is 17.8. The first-order valence-electron chi connectivity index (χ1n) is 8.29. The Balaban J connectivity index is 1.60. The Morgan fingerprint density at radius 3 is 3.04 bits per heavy atom. The lowest BCUT2D eigenvalue weighted by molar-refractivity contribution is -0.125. The molecule has 1 unspecified atom stereocenters. The number of carbonyl (C=O) groups excluding carboxylic acids is 1. The average Bonchev–Trinajstić information content (AvgIpc) is 2.61. The maximum absolute atomic E-state index is 13.1. The molecule has 1 saturated heterocycles. The molecule has 0 aliphatic carbocycles. The number of nitrogens with zero attached hydrogens (tertiary/aromatic N) is 3. The molecule has 1 fully saturated rings. The van der Waals surface area contributed by atoms with E-state index in [0.29, 0.717) is 23.1 Å². The molecule has 2 aromatic rings. The van der Waals surface area contributed by atoms with Crippen molar-refractivity contribution < 1.29 is 9.18 Å². The number of anilines is 1. The van der Waals surface area contributed by atoms with Crippen molar-refractivity contribution in [1.29, 1.82) is 0 Å². The van der Waals surface area contributed by atoms with E-state index in [-0.39, 0.29) is 24.2 Å². The molecule has 1 aromatic heterocycles. The zero-order valence-corrected chi connectivity index (χ0v) is 14.8. The summed E-state index contributed by atoms with van der Waals surface area (Å²) in [6.07, 6.45) is 3.47. The van der Waals surface area contributed by atoms with E-state index >= 15 is 0 Å². The molecule has 1 atom stereocenters. The van der Waals surface area contributed by atoms with Crippen LogP contribution >= 0.6 is 11.6 Å². The van der Waals surface area contributed by atoms with Crippen LogP contribution in [0.1, 0.15) is 24.1 Å². The number of halogens is 2. The molecule has 25 heavy (non-hydrogen) atoms. The summed E-state index contributed by atoms with van der Waals surface area (Å²) >= 11 is 6.00. The summed E-state index contributed by atoms with van der Waals surface area (Å²) in [6, 6.07) is 6.03. The lowest BCUT2D eigenvalue weighted by atomic mass is 9.97. The molecule has 0 spiro atoms. The molecule has 1 amide bonds. The van der Waals surface area contributed by atoms with Gasteiger partial charge in [0.05, 0.1) is 5.92 Å². The fourth-order valence-corrected chi connectivity index (χ4v) is 3.19. The van der Waals surface area contributed by atoms with Crippen molar-refractivity contribution in [1.82, 2.24) is 15.3 Å². The van der Waals surface area contributed by atoms with Crippen molar-refractivity contribution in [3.63, 3.8) is 0 Å². The Hall–Kier alpha value is -2.21. The highest BCUT2D eigenvalue weighted by atomic mass is 35.5. The van der Waals surface area contributed by atoms with Crippen LogP contribution in [-0.4, -0.2) is 29.0 Å². The van der Waals surface area contributed by atoms with E-state index in [2.05, 4.69) is 15.3 Å². The molecule has 1 aliphatic rings. The van der Waals surface area contributed by atoms with Gasteiger partial charge in [-0.15, -0.1) is 0 Å². The first-order chi connectivity index (χ1) is 12.0. The largest absolute Gasteiger partial charge is 0.352 e. The van der Waals surface area contributed by atoms with Gasteiger partial charge in [-0.3, -0.25) is 4.79 Å². The summed E-state index contributed by atoms with van der Waals surface area (Å²) < 4.78 is 13.1. The SMILES string of the molecule is Cc1ccnc(N2CCCC(C(=O)NCc3ccc(F)cc3Cl)C2)n1. The van der Waals surface area contributed by atoms with Crippen LogP contribution in [0.25, 0.3) is 0 Å². The third-order valence-electron chi connectivity index (χ3n) is 4.33. The van der Waals surface area contributed by atoms with E-state index in [1.165, 1.54) is 12.1 Å². The average molecular weight is 363 g/mol. The lowest BCUT2D eigenvalue weighted by Gasteiger charge is -2.32. The van der Waals surface area contributed by atoms with E-state index in [0.717, 1.165) is 25.1 Å². The van der Waals surface area contributed by atoms with Crippen molar-refractivity contribution in [3.05, 3.63) is 52.6 Å². The minimum atomic E-state index is -0.388. The topological polar surface area (TPSA) is 58.1 Å². The molecule has 5 nitrogen and oxygen atoms in total. The lowest BCUT2D eigenvalue weighted by Crippen LogP contribution is -2.43. The molecule has 7 heteroatoms. The summed E-state index contributed by atoms with van der Waals surface area (Å²) in [4.78, 5) is 23.3. The number of piperidine rings is 1. The number of benzene rings is 1. The van der Waals surface area contributed by atoms with E-state index in [1.807, 2.05) is 17.9 Å². The summed E-state index contributed by atoms with van der Waals surface area (Å²) in [6.45, 7) is 3.64. The second-order valence-corrected chi connectivity index (χ2v) is 6.64. The van der Waals surface area contributed by atoms with E-state index in [9.17, 15) is 9.18 Å². The fourth-order valence-electron chi connectivity index (χ4n) is 2.95. The third-order valence-corrected chi connectivity index (χ3v) is 4.68. The number of hydrogen-bond acceptors (Lipinski definition) is 4. The number of amides is 1. The van der Waals surface area contributed by atoms with Gasteiger partial charge in [0, 0.05) is 36.5 Å². The molecule has 3 rings (SSSR count). The quantitative estimate of drug-likeness (QED) is 0.908. The van der Waals surface area contributed by atoms with Gasteiger partial charge in [-0.05, 0) is 43.5 Å². The van der Waals surface area contributed by atoms with Gasteiger partial charge in [-0.25, -0.2) is 14.4 Å². The Morgan fingerprint density at radius 1 is 1.44 bits per heavy atom. The van der Waals surface area contributed by atoms with Crippen LogP contribution in [0.15, 0.2) is 30.5 Å². The van der Waals surface area contributed by atoms with Crippen LogP contribution in [0.5, 0.6) is 0 Å². The van der Waals surface area contributed by atoms with Gasteiger partial charge < -0.3 is 10.2 Å². The summed E-state index contributed by atoms with van der Waals surface area (Å²) in [5, 5.41) is 3.22. The number of hydrogen-bond donors (Lipinski definition) is 1. The van der Waals surface area contributed by atoms with Gasteiger partial charge in [0.25, 0.3) is 0 Å². The highest BCUT2D eigenvalue weighted by Crippen LogP contribution is 2.21. The number of nitrogens with one attached hydrogen (secondary N) is 1. The van der Waals surface area contributed by atoms with Gasteiger partial charge in [-0.1, -0.05) is 17.7 Å². The Kier molecular flexibility index (Phi) is 5.48. The minimum Gasteiger partial charge on any atom is -0.352 e. The predicted molar refractivity (Wildman–Crippen MR) is 95.0 cm³/mol. The smallest absolute Gasteiger partial charge is 0.225 e. The third kappa shape index (κ3) is 4.45. The number of aryl methyl sites for hydroxylation is 1. The Morgan fingerprint density at radius 2 is 2.28 bits per heavy atom. The van der Waals surface area contributed by atoms with Crippen LogP contribution < -0.4 is 10.2 Å². The van der Waals surface area contributed by atoms with Gasteiger partial charge >= 0.3 is 0 Å². The predicted octanol–water partition coefficient (Wildman–Crippen LogP) is 3.11. The summed E-state index contributed by atoms with van der Waals surface area (Å²) in [5.41, 5.74) is 1.61. The highest BCUT2D eigenvalue weighted by molar-refractivity contribution is 6.31. The van der Waals surface area contributed by atoms with Gasteiger partial charge in [-0.2, -0.15) is 0 Å². The van der Waals surface area contributed by atoms with Crippen molar-refractivity contribution in [3.8, 4) is 0 Å². The van der Waals surface area contributed by atoms with Crippen LogP contribution in [0.3, 0.4) is 0 Å². The second-order valence-electron chi connectivity index (χ2n) is 6.24. The molecule has 2 heterocycles. The van der Waals surface area contributed by atoms with Crippen LogP contribution in [-0.2, 0) is 11.3 Å². The zero-order valence-electron chi connectivity index (χ0n) is 14.0. The van der Waals surface area contributed by atoms with Crippen LogP contribution in [0.2, 0.25) is 5.02 Å². The van der Waals surface area contributed by atoms with E-state index < -0.39 is 0 Å². The van der Waals surface area contributed by atoms with Crippen molar-refractivity contribution in [2.24, 2.45) is 5.92 Å². The normalized spacial score (nSPS) is 17.4. The first-order valence-corrected chi connectivity index (χ1v) is 8.67. The minimum absolute atomic E-state index is 0.0299. The molecule has 0 bridgehead atoms. The van der Waals surface area contributed by atoms with E-state index in [1.54, 1.807) is 12.3 Å². The molecule has 132 valence electrons. The van der Waals surface area contributed by atoms with Crippen molar-refractivity contribution >= 4 is 23.5 Å². The van der Waals surface area contributed by atoms with E-state index in [4.69, 9.17) is 11.6 Å². The molecule has 1 aliphatic heterocycles. The standard InChI is InChI=1S/C18H20ClFN4O/c1-12-6-7-21-18(23-12)24-8-2-3-14(11-24)17(25)22-10-13-4-5-15(20)9-16(13)19/h4-7,9,14H,2-3,8,10-11H2,1H3,(H,22,25). The second kappa shape index (κ2) is 7.78. The van der Waals surface area contributed by atoms with Crippen LogP contribution in [0.4, 0.5) is 10.3 Å². The number of carbonyl (C=O) groups is 1. The number of rotatable bonds is 4. The van der Waals surface area contributed by atoms with Gasteiger partial charge in [0.15, 0.2) is 0 Å². The van der Waals surface area contributed by atoms with Gasteiger partial charge in [0.2, 0.25) is 11.9 Å². The molecular weight excluding hydrogens is 343 g/mol. The monoisotopic (exact) mass is 362 g/mol. The van der Waals surface area contributed by atoms with Crippen LogP contribution in [0, 0.1) is 18.7 Å². The van der Waals surface area contributed by atoms with Crippen molar-refractivity contribution in [2.75, 3.05) is 18.0 Å². The Labute approximate surface area is 151 Å². The molecule has 1 aromatic carbocycles. The molecule has 0 saturated carbocycles. The fraction of sp³-hybridized carbons (Fsp3) is 0.389. The maximum Gasteiger partial charge on any atom is 0.225 e. The first kappa shape index (κ1) is 17.6.